The Morgan fingerprint density at radius 2 is 1.87 bits per heavy atom. The van der Waals surface area contributed by atoms with Crippen molar-refractivity contribution in [3.05, 3.63) is 42.0 Å². The number of aromatic nitrogens is 2. The number of nitrogens with one attached hydrogen (secondary N) is 3. The lowest BCUT2D eigenvalue weighted by Gasteiger charge is -2.26. The molecule has 3 rings (SSSR count). The molecule has 1 aromatic heterocycles. The molecule has 0 aliphatic carbocycles. The van der Waals surface area contributed by atoms with Gasteiger partial charge in [0.15, 0.2) is 6.10 Å². The third-order valence-electron chi connectivity index (χ3n) is 5.91. The predicted molar refractivity (Wildman–Crippen MR) is 148 cm³/mol. The molecule has 0 spiro atoms. The molecule has 2 aromatic carbocycles. The highest BCUT2D eigenvalue weighted by atomic mass is 32.2. The minimum absolute atomic E-state index is 0.0530. The third-order valence-corrected chi connectivity index (χ3v) is 6.56. The van der Waals surface area contributed by atoms with Gasteiger partial charge in [0.2, 0.25) is 0 Å². The third kappa shape index (κ3) is 6.80. The summed E-state index contributed by atoms with van der Waals surface area (Å²) in [6, 6.07) is 4.73. The SMILES string of the molecule is C=S(C)(=O)Nc1cc2ncnc(Nc3ccc(F)cc3OC(C)C(=O)NC(C)C(C)(C)F)c2c(C)c1OC. The number of ether oxygens (including phenoxy) is 2. The van der Waals surface area contributed by atoms with E-state index in [0.29, 0.717) is 39.4 Å². The molecular weight excluding hydrogens is 516 g/mol. The molecule has 0 aliphatic heterocycles. The normalized spacial score (nSPS) is 14.8. The van der Waals surface area contributed by atoms with Crippen LogP contribution in [0.4, 0.5) is 26.0 Å². The van der Waals surface area contributed by atoms with E-state index < -0.39 is 39.2 Å². The summed E-state index contributed by atoms with van der Waals surface area (Å²) in [5, 5.41) is 6.30. The summed E-state index contributed by atoms with van der Waals surface area (Å²) in [4.78, 5) is 21.3. The highest BCUT2D eigenvalue weighted by Gasteiger charge is 2.28. The maximum Gasteiger partial charge on any atom is 0.261 e. The Labute approximate surface area is 221 Å². The van der Waals surface area contributed by atoms with Gasteiger partial charge in [-0.1, -0.05) is 0 Å². The number of alkyl halides is 1. The van der Waals surface area contributed by atoms with Crippen LogP contribution < -0.4 is 24.8 Å². The van der Waals surface area contributed by atoms with E-state index in [4.69, 9.17) is 9.47 Å². The van der Waals surface area contributed by atoms with E-state index in [2.05, 4.69) is 31.2 Å². The van der Waals surface area contributed by atoms with Gasteiger partial charge in [-0.05, 0) is 58.7 Å². The molecule has 0 fully saturated rings. The number of anilines is 3. The molecule has 0 saturated heterocycles. The minimum Gasteiger partial charge on any atom is -0.494 e. The van der Waals surface area contributed by atoms with Crippen molar-refractivity contribution in [2.24, 2.45) is 0 Å². The van der Waals surface area contributed by atoms with Crippen LogP contribution in [0.5, 0.6) is 11.5 Å². The molecule has 0 radical (unpaired) electrons. The second kappa shape index (κ2) is 11.0. The van der Waals surface area contributed by atoms with Crippen LogP contribution >= 0.6 is 0 Å². The van der Waals surface area contributed by atoms with E-state index in [0.717, 1.165) is 6.07 Å². The Kier molecular flexibility index (Phi) is 8.35. The summed E-state index contributed by atoms with van der Waals surface area (Å²) in [5.74, 6) is 3.35. The lowest BCUT2D eigenvalue weighted by atomic mass is 10.0. The van der Waals surface area contributed by atoms with E-state index in [1.54, 1.807) is 19.9 Å². The zero-order valence-corrected chi connectivity index (χ0v) is 23.3. The first-order valence-corrected chi connectivity index (χ1v) is 13.9. The number of halogens is 2. The largest absolute Gasteiger partial charge is 0.494 e. The fraction of sp³-hybridized carbons (Fsp3) is 0.385. The van der Waals surface area contributed by atoms with Gasteiger partial charge < -0.3 is 24.8 Å². The molecule has 3 aromatic rings. The highest BCUT2D eigenvalue weighted by molar-refractivity contribution is 8.00. The number of hydrogen-bond acceptors (Lipinski definition) is 7. The number of nitrogens with zero attached hydrogens (tertiary/aromatic N) is 2. The van der Waals surface area contributed by atoms with E-state index in [9.17, 15) is 17.8 Å². The lowest BCUT2D eigenvalue weighted by Crippen LogP contribution is -2.48. The maximum absolute atomic E-state index is 14.2. The molecule has 3 atom stereocenters. The average Bonchev–Trinajstić information content (AvgIpc) is 2.79. The van der Waals surface area contributed by atoms with Crippen LogP contribution in [-0.4, -0.2) is 57.1 Å². The zero-order chi connectivity index (χ0) is 28.4. The van der Waals surface area contributed by atoms with Crippen molar-refractivity contribution in [2.45, 2.75) is 52.4 Å². The van der Waals surface area contributed by atoms with Gasteiger partial charge in [0.05, 0.1) is 30.0 Å². The number of carbonyl (C=O) groups excluding carboxylic acids is 1. The van der Waals surface area contributed by atoms with Gasteiger partial charge in [-0.15, -0.1) is 0 Å². The van der Waals surface area contributed by atoms with Gasteiger partial charge in [0, 0.05) is 33.0 Å². The number of rotatable bonds is 10. The van der Waals surface area contributed by atoms with Gasteiger partial charge in [0.25, 0.3) is 5.91 Å². The minimum atomic E-state index is -2.59. The van der Waals surface area contributed by atoms with E-state index in [1.807, 2.05) is 0 Å². The molecule has 38 heavy (non-hydrogen) atoms. The number of aryl methyl sites for hydroxylation is 1. The molecule has 3 N–H and O–H groups in total. The molecule has 1 amide bonds. The Morgan fingerprint density at radius 3 is 2.47 bits per heavy atom. The van der Waals surface area contributed by atoms with Crippen LogP contribution in [0.3, 0.4) is 0 Å². The number of carbonyl (C=O) groups is 1. The summed E-state index contributed by atoms with van der Waals surface area (Å²) in [6.45, 7) is 7.55. The molecule has 9 nitrogen and oxygen atoms in total. The summed E-state index contributed by atoms with van der Waals surface area (Å²) in [6.07, 6.45) is 1.76. The smallest absolute Gasteiger partial charge is 0.261 e. The second-order valence-corrected chi connectivity index (χ2v) is 11.8. The first-order valence-electron chi connectivity index (χ1n) is 11.8. The quantitative estimate of drug-likeness (QED) is 0.319. The van der Waals surface area contributed by atoms with Crippen LogP contribution in [0.1, 0.15) is 33.3 Å². The first kappa shape index (κ1) is 28.9. The second-order valence-electron chi connectivity index (χ2n) is 9.63. The van der Waals surface area contributed by atoms with Crippen LogP contribution in [0.15, 0.2) is 30.6 Å². The predicted octanol–water partition coefficient (Wildman–Crippen LogP) is 4.52. The van der Waals surface area contributed by atoms with Crippen molar-refractivity contribution < 1.29 is 27.3 Å². The number of hydrogen-bond donors (Lipinski definition) is 3. The van der Waals surface area contributed by atoms with Crippen molar-refractivity contribution >= 4 is 49.6 Å². The Balaban J connectivity index is 1.99. The molecule has 0 saturated carbocycles. The van der Waals surface area contributed by atoms with Crippen molar-refractivity contribution in [2.75, 3.05) is 23.4 Å². The van der Waals surface area contributed by atoms with E-state index in [-0.39, 0.29) is 5.75 Å². The van der Waals surface area contributed by atoms with Gasteiger partial charge in [-0.3, -0.25) is 4.79 Å². The maximum atomic E-state index is 14.2. The number of methoxy groups -OCH3 is 1. The van der Waals surface area contributed by atoms with Crippen molar-refractivity contribution in [1.82, 2.24) is 15.3 Å². The summed E-state index contributed by atoms with van der Waals surface area (Å²) < 4.78 is 54.8. The molecule has 3 unspecified atom stereocenters. The molecular formula is C26H33F2N5O4S. The molecule has 206 valence electrons. The fourth-order valence-corrected chi connectivity index (χ4v) is 4.25. The average molecular weight is 550 g/mol. The summed E-state index contributed by atoms with van der Waals surface area (Å²) >= 11 is 0. The Hall–Kier alpha value is -3.67. The topological polar surface area (TPSA) is 114 Å². The van der Waals surface area contributed by atoms with Crippen LogP contribution in [0, 0.1) is 12.7 Å². The van der Waals surface area contributed by atoms with Crippen LogP contribution in [-0.2, 0) is 14.5 Å². The van der Waals surface area contributed by atoms with Crippen molar-refractivity contribution in [3.8, 4) is 11.5 Å². The lowest BCUT2D eigenvalue weighted by molar-refractivity contribution is -0.128. The van der Waals surface area contributed by atoms with Crippen molar-refractivity contribution in [1.29, 1.82) is 0 Å². The molecule has 1 heterocycles. The molecule has 0 aliphatic rings. The van der Waals surface area contributed by atoms with Crippen molar-refractivity contribution in [3.63, 3.8) is 0 Å². The Bertz CT molecular complexity index is 1460. The number of amides is 1. The van der Waals surface area contributed by atoms with Gasteiger partial charge in [-0.25, -0.2) is 23.0 Å². The highest BCUT2D eigenvalue weighted by Crippen LogP contribution is 2.39. The first-order chi connectivity index (χ1) is 17.6. The number of fused-ring (bicyclic) bond motifs is 1. The zero-order valence-electron chi connectivity index (χ0n) is 22.4. The Morgan fingerprint density at radius 1 is 1.18 bits per heavy atom. The fourth-order valence-electron chi connectivity index (χ4n) is 3.63. The molecule has 0 bridgehead atoms. The summed E-state index contributed by atoms with van der Waals surface area (Å²) in [7, 11) is -1.11. The van der Waals surface area contributed by atoms with Gasteiger partial charge in [0.1, 0.15) is 35.1 Å². The van der Waals surface area contributed by atoms with Gasteiger partial charge in [-0.2, -0.15) is 0 Å². The van der Waals surface area contributed by atoms with E-state index in [1.165, 1.54) is 52.6 Å². The van der Waals surface area contributed by atoms with Gasteiger partial charge >= 0.3 is 0 Å². The molecule has 12 heteroatoms. The monoisotopic (exact) mass is 549 g/mol. The standard InChI is InChI=1S/C26H33F2N5O4S/c1-14-22-19(12-20(23(14)36-6)33-38(7,8)35)29-13-30-24(22)32-18-10-9-17(27)11-21(18)37-15(2)25(34)31-16(3)26(4,5)28/h9-13,15-16H,7H2,1-6,8H3,(H,31,34)(H,33,35)(H,29,30,32). The summed E-state index contributed by atoms with van der Waals surface area (Å²) in [5.41, 5.74) is 0.331. The van der Waals surface area contributed by atoms with Crippen LogP contribution in [0.25, 0.3) is 10.9 Å². The number of benzene rings is 2. The van der Waals surface area contributed by atoms with E-state index >= 15 is 0 Å². The van der Waals surface area contributed by atoms with Crippen LogP contribution in [0.2, 0.25) is 0 Å².